The standard InChI is InChI=1S/C26H29.C25H38Si2.Hf/c1-25(2,3)19-11-12-20-18(15-19)16-22-21(20)13-14-23(26(4,5)6)24(22)17-9-7-8-10-17;1-7-26(8-2,9-3)24-17-13-22(14-18-24)21-23-15-19-25(20-16-23)27(10-4,11-5)12-6;/h7-9,11-16H,10H2,1-6H3;13-20H,7-12H2,1-6H3;. The van der Waals surface area contributed by atoms with Gasteiger partial charge in [-0.1, -0.05) is 0 Å². The molecule has 0 N–H and O–H groups in total. The van der Waals surface area contributed by atoms with Crippen LogP contribution in [0.2, 0.25) is 36.3 Å². The topological polar surface area (TPSA) is 0 Å². The van der Waals surface area contributed by atoms with Crippen molar-refractivity contribution in [1.82, 2.24) is 0 Å². The van der Waals surface area contributed by atoms with Crippen LogP contribution in [0.3, 0.4) is 0 Å². The zero-order valence-corrected chi connectivity index (χ0v) is 41.4. The van der Waals surface area contributed by atoms with E-state index in [0.717, 1.165) is 6.42 Å². The van der Waals surface area contributed by atoms with Crippen molar-refractivity contribution in [3.63, 3.8) is 0 Å². The van der Waals surface area contributed by atoms with Crippen LogP contribution in [0.4, 0.5) is 0 Å². The molecule has 54 heavy (non-hydrogen) atoms. The number of allylic oxidation sites excluding steroid dienone is 4. The average Bonchev–Trinajstić information content (AvgIpc) is 3.82. The van der Waals surface area contributed by atoms with E-state index in [-0.39, 0.29) is 10.8 Å². The Morgan fingerprint density at radius 1 is 0.611 bits per heavy atom. The van der Waals surface area contributed by atoms with E-state index in [1.54, 1.807) is 30.3 Å². The number of hydrogen-bond acceptors (Lipinski definition) is 0. The van der Waals surface area contributed by atoms with Crippen LogP contribution in [0.1, 0.15) is 132 Å². The van der Waals surface area contributed by atoms with Crippen molar-refractivity contribution in [3.05, 3.63) is 136 Å². The third-order valence-electron chi connectivity index (χ3n) is 13.9. The van der Waals surface area contributed by atoms with Gasteiger partial charge < -0.3 is 0 Å². The van der Waals surface area contributed by atoms with Gasteiger partial charge >= 0.3 is 345 Å². The molecule has 1 atom stereocenters. The molecule has 3 heteroatoms. The predicted molar refractivity (Wildman–Crippen MR) is 243 cm³/mol. The van der Waals surface area contributed by atoms with E-state index in [9.17, 15) is 0 Å². The van der Waals surface area contributed by atoms with Crippen molar-refractivity contribution in [3.8, 4) is 11.1 Å². The molecule has 2 aliphatic rings. The Balaban J connectivity index is 1.65. The van der Waals surface area contributed by atoms with E-state index >= 15 is 0 Å². The summed E-state index contributed by atoms with van der Waals surface area (Å²) in [7, 11) is -2.95. The predicted octanol–water partition coefficient (Wildman–Crippen LogP) is 13.5. The second-order valence-corrected chi connectivity index (χ2v) is 33.8. The molecule has 0 nitrogen and oxygen atoms in total. The fourth-order valence-electron chi connectivity index (χ4n) is 9.76. The SMILES string of the molecule is CC[Si](CC)(CC)c1ccc([C](=[Hf][CH]2c3cc(C(C)(C)C)ccc3-c3ccc(C(C)(C)C)c(C4=CC=CC4)c32)c2ccc([Si](CC)(CC)CC)cc2)cc1. The van der Waals surface area contributed by atoms with E-state index in [1.165, 1.54) is 75.2 Å². The Morgan fingerprint density at radius 3 is 1.54 bits per heavy atom. The Labute approximate surface area is 342 Å². The number of rotatable bonds is 12. The Bertz CT molecular complexity index is 1970. The van der Waals surface area contributed by atoms with Gasteiger partial charge in [0.25, 0.3) is 0 Å². The van der Waals surface area contributed by atoms with E-state index in [1.807, 2.05) is 0 Å². The zero-order chi connectivity index (χ0) is 39.1. The fourth-order valence-corrected chi connectivity index (χ4v) is 23.4. The summed E-state index contributed by atoms with van der Waals surface area (Å²) >= 11 is -1.67. The molecule has 4 aromatic rings. The third kappa shape index (κ3) is 7.52. The Hall–Kier alpha value is -2.47. The maximum absolute atomic E-state index is 2.63. The second kappa shape index (κ2) is 16.2. The van der Waals surface area contributed by atoms with Crippen molar-refractivity contribution in [2.75, 3.05) is 0 Å². The van der Waals surface area contributed by atoms with E-state index in [2.05, 4.69) is 180 Å². The molecule has 0 heterocycles. The molecule has 283 valence electrons. The molecule has 6 rings (SSSR count). The van der Waals surface area contributed by atoms with Gasteiger partial charge in [-0.2, -0.15) is 0 Å². The van der Waals surface area contributed by atoms with Crippen LogP contribution in [-0.2, 0) is 33.3 Å². The molecular formula is C51H67HfSi2. The van der Waals surface area contributed by atoms with Crippen molar-refractivity contribution >= 4 is 35.3 Å². The molecular weight excluding hydrogens is 847 g/mol. The second-order valence-electron chi connectivity index (χ2n) is 18.4. The molecule has 0 aromatic heterocycles. The van der Waals surface area contributed by atoms with E-state index < -0.39 is 38.6 Å². The monoisotopic (exact) mass is 915 g/mol. The molecule has 0 saturated heterocycles. The molecule has 1 unspecified atom stereocenters. The summed E-state index contributed by atoms with van der Waals surface area (Å²) in [6.45, 7) is 29.0. The van der Waals surface area contributed by atoms with Gasteiger partial charge in [0.15, 0.2) is 0 Å². The van der Waals surface area contributed by atoms with E-state index in [0.29, 0.717) is 3.67 Å². The number of hydrogen-bond donors (Lipinski definition) is 0. The molecule has 0 radical (unpaired) electrons. The summed E-state index contributed by atoms with van der Waals surface area (Å²) in [5.41, 5.74) is 15.3. The molecule has 0 fully saturated rings. The van der Waals surface area contributed by atoms with Crippen molar-refractivity contribution in [2.45, 2.75) is 140 Å². The summed E-state index contributed by atoms with van der Waals surface area (Å²) < 4.78 is 2.13. The minimum atomic E-state index is -1.67. The molecule has 2 aliphatic carbocycles. The molecule has 0 aliphatic heterocycles. The molecule has 0 amide bonds. The maximum atomic E-state index is 2.63. The van der Waals surface area contributed by atoms with Crippen LogP contribution in [0.15, 0.2) is 97.1 Å². The first-order valence-electron chi connectivity index (χ1n) is 21.2. The quantitative estimate of drug-likeness (QED) is 0.124. The first-order chi connectivity index (χ1) is 25.7. The van der Waals surface area contributed by atoms with Crippen LogP contribution < -0.4 is 10.4 Å². The first kappa shape index (κ1) is 41.2. The molecule has 0 bridgehead atoms. The summed E-state index contributed by atoms with van der Waals surface area (Å²) in [5, 5.41) is 3.30. The molecule has 4 aromatic carbocycles. The Kier molecular flexibility index (Phi) is 12.3. The van der Waals surface area contributed by atoms with Gasteiger partial charge in [0.2, 0.25) is 0 Å². The van der Waals surface area contributed by atoms with Gasteiger partial charge in [-0.15, -0.1) is 0 Å². The number of fused-ring (bicyclic) bond motifs is 3. The van der Waals surface area contributed by atoms with Gasteiger partial charge in [0, 0.05) is 0 Å². The fraction of sp³-hybridized carbons (Fsp3) is 0.431. The molecule has 0 spiro atoms. The van der Waals surface area contributed by atoms with Crippen LogP contribution in [0.5, 0.6) is 0 Å². The van der Waals surface area contributed by atoms with Crippen molar-refractivity contribution in [1.29, 1.82) is 0 Å². The third-order valence-corrected chi connectivity index (χ3v) is 31.4. The van der Waals surface area contributed by atoms with Gasteiger partial charge in [-0.3, -0.25) is 0 Å². The first-order valence-corrected chi connectivity index (χ1v) is 30.4. The van der Waals surface area contributed by atoms with Gasteiger partial charge in [0.1, 0.15) is 0 Å². The van der Waals surface area contributed by atoms with Crippen molar-refractivity contribution < 1.29 is 22.4 Å². The summed E-state index contributed by atoms with van der Waals surface area (Å²) in [5.74, 6) is 0. The number of benzene rings is 4. The summed E-state index contributed by atoms with van der Waals surface area (Å²) in [4.78, 5) is 0. The summed E-state index contributed by atoms with van der Waals surface area (Å²) in [6, 6.07) is 40.9. The summed E-state index contributed by atoms with van der Waals surface area (Å²) in [6.07, 6.45) is 8.09. The zero-order valence-electron chi connectivity index (χ0n) is 35.8. The van der Waals surface area contributed by atoms with E-state index in [4.69, 9.17) is 0 Å². The van der Waals surface area contributed by atoms with Crippen LogP contribution in [0.25, 0.3) is 16.7 Å². The van der Waals surface area contributed by atoms with Crippen LogP contribution in [0, 0.1) is 0 Å². The average molecular weight is 915 g/mol. The molecule has 0 saturated carbocycles. The van der Waals surface area contributed by atoms with Gasteiger partial charge in [-0.25, -0.2) is 0 Å². The van der Waals surface area contributed by atoms with Gasteiger partial charge in [-0.05, 0) is 0 Å². The Morgan fingerprint density at radius 2 is 1.11 bits per heavy atom. The van der Waals surface area contributed by atoms with Gasteiger partial charge in [0.05, 0.1) is 0 Å². The van der Waals surface area contributed by atoms with Crippen LogP contribution >= 0.6 is 0 Å². The minimum absolute atomic E-state index is 0.0537. The normalized spacial score (nSPS) is 15.6. The van der Waals surface area contributed by atoms with Crippen molar-refractivity contribution in [2.24, 2.45) is 0 Å². The van der Waals surface area contributed by atoms with Crippen LogP contribution in [-0.4, -0.2) is 19.4 Å².